The lowest BCUT2D eigenvalue weighted by Crippen LogP contribution is -2.36. The summed E-state index contributed by atoms with van der Waals surface area (Å²) in [5, 5.41) is 5.38. The number of thiazole rings is 1. The van der Waals surface area contributed by atoms with Gasteiger partial charge >= 0.3 is 0 Å². The van der Waals surface area contributed by atoms with Crippen LogP contribution in [0.15, 0.2) is 59.1 Å². The fourth-order valence-electron chi connectivity index (χ4n) is 3.41. The Labute approximate surface area is 179 Å². The minimum atomic E-state index is -3.64. The number of anilines is 1. The van der Waals surface area contributed by atoms with E-state index < -0.39 is 10.0 Å². The van der Waals surface area contributed by atoms with Gasteiger partial charge in [0, 0.05) is 36.4 Å². The number of amides is 1. The number of benzene rings is 1. The molecule has 2 aromatic heterocycles. The fraction of sp³-hybridized carbons (Fsp3) is 0.286. The molecule has 1 amide bonds. The van der Waals surface area contributed by atoms with Crippen LogP contribution in [0.25, 0.3) is 10.6 Å². The molecule has 0 saturated carbocycles. The van der Waals surface area contributed by atoms with Gasteiger partial charge in [0.25, 0.3) is 0 Å². The Morgan fingerprint density at radius 1 is 1.10 bits per heavy atom. The molecule has 7 nitrogen and oxygen atoms in total. The highest BCUT2D eigenvalue weighted by atomic mass is 32.2. The van der Waals surface area contributed by atoms with E-state index >= 15 is 0 Å². The third-order valence-electron chi connectivity index (χ3n) is 4.90. The molecule has 30 heavy (non-hydrogen) atoms. The predicted octanol–water partition coefficient (Wildman–Crippen LogP) is 3.56. The fourth-order valence-corrected chi connectivity index (χ4v) is 5.88. The van der Waals surface area contributed by atoms with Crippen LogP contribution in [0.2, 0.25) is 0 Å². The summed E-state index contributed by atoms with van der Waals surface area (Å²) in [6.07, 6.45) is 6.24. The van der Waals surface area contributed by atoms with E-state index in [-0.39, 0.29) is 17.2 Å². The molecule has 1 N–H and O–H groups in total. The van der Waals surface area contributed by atoms with Crippen molar-refractivity contribution in [3.8, 4) is 10.6 Å². The molecular formula is C21H22N4O3S2. The van der Waals surface area contributed by atoms with E-state index in [4.69, 9.17) is 0 Å². The number of rotatable bonds is 6. The number of hydrogen-bond donors (Lipinski definition) is 1. The Hall–Kier alpha value is -2.62. The van der Waals surface area contributed by atoms with Gasteiger partial charge in [-0.25, -0.2) is 13.4 Å². The number of pyridine rings is 1. The second-order valence-electron chi connectivity index (χ2n) is 7.07. The molecule has 0 aliphatic carbocycles. The van der Waals surface area contributed by atoms with Gasteiger partial charge < -0.3 is 5.32 Å². The van der Waals surface area contributed by atoms with Crippen molar-refractivity contribution in [3.05, 3.63) is 59.9 Å². The summed E-state index contributed by atoms with van der Waals surface area (Å²) in [6.45, 7) is 1.03. The molecule has 0 unspecified atom stereocenters. The number of nitrogens with one attached hydrogen (secondary N) is 1. The van der Waals surface area contributed by atoms with Crippen LogP contribution >= 0.6 is 11.3 Å². The van der Waals surface area contributed by atoms with Crippen LogP contribution in [0.4, 0.5) is 5.69 Å². The Bertz CT molecular complexity index is 1120. The zero-order chi connectivity index (χ0) is 21.0. The van der Waals surface area contributed by atoms with Crippen LogP contribution in [0.5, 0.6) is 0 Å². The maximum atomic E-state index is 13.1. The minimum absolute atomic E-state index is 0.0643. The zero-order valence-electron chi connectivity index (χ0n) is 16.3. The molecule has 4 rings (SSSR count). The van der Waals surface area contributed by atoms with Crippen molar-refractivity contribution in [2.75, 3.05) is 18.4 Å². The van der Waals surface area contributed by atoms with Gasteiger partial charge in [0.05, 0.1) is 17.8 Å². The summed E-state index contributed by atoms with van der Waals surface area (Å²) in [7, 11) is -3.64. The van der Waals surface area contributed by atoms with Crippen LogP contribution in [-0.4, -0.2) is 41.7 Å². The van der Waals surface area contributed by atoms with Gasteiger partial charge in [-0.1, -0.05) is 18.6 Å². The molecule has 0 bridgehead atoms. The van der Waals surface area contributed by atoms with E-state index in [1.54, 1.807) is 36.7 Å². The number of piperidine rings is 1. The van der Waals surface area contributed by atoms with Gasteiger partial charge in [-0.2, -0.15) is 4.31 Å². The first-order valence-electron chi connectivity index (χ1n) is 9.78. The molecule has 1 aromatic carbocycles. The summed E-state index contributed by atoms with van der Waals surface area (Å²) < 4.78 is 27.6. The van der Waals surface area contributed by atoms with E-state index in [0.717, 1.165) is 29.8 Å². The highest BCUT2D eigenvalue weighted by Gasteiger charge is 2.28. The Kier molecular flexibility index (Phi) is 6.21. The SMILES string of the molecule is O=C(Cc1csc(-c2cccnc2)n1)Nc1ccccc1S(=O)(=O)N1CCCCC1. The molecule has 3 heterocycles. The van der Waals surface area contributed by atoms with Crippen LogP contribution in [0, 0.1) is 0 Å². The maximum absolute atomic E-state index is 13.1. The number of carbonyl (C=O) groups is 1. The number of carbonyl (C=O) groups excluding carboxylic acids is 1. The van der Waals surface area contributed by atoms with Crippen LogP contribution in [0.1, 0.15) is 25.0 Å². The summed E-state index contributed by atoms with van der Waals surface area (Å²) in [6, 6.07) is 10.3. The third kappa shape index (κ3) is 4.58. The van der Waals surface area contributed by atoms with Crippen molar-refractivity contribution in [1.82, 2.24) is 14.3 Å². The topological polar surface area (TPSA) is 92.3 Å². The molecule has 1 aliphatic rings. The first-order valence-corrected chi connectivity index (χ1v) is 12.1. The van der Waals surface area contributed by atoms with E-state index in [9.17, 15) is 13.2 Å². The molecule has 1 saturated heterocycles. The van der Waals surface area contributed by atoms with E-state index in [2.05, 4.69) is 15.3 Å². The number of para-hydroxylation sites is 1. The lowest BCUT2D eigenvalue weighted by atomic mass is 10.2. The number of aromatic nitrogens is 2. The second-order valence-corrected chi connectivity index (χ2v) is 9.84. The third-order valence-corrected chi connectivity index (χ3v) is 7.79. The molecule has 156 valence electrons. The van der Waals surface area contributed by atoms with E-state index in [0.29, 0.717) is 24.5 Å². The summed E-state index contributed by atoms with van der Waals surface area (Å²) in [5.41, 5.74) is 1.83. The molecular weight excluding hydrogens is 420 g/mol. The lowest BCUT2D eigenvalue weighted by Gasteiger charge is -2.26. The number of hydrogen-bond acceptors (Lipinski definition) is 6. The number of nitrogens with zero attached hydrogens (tertiary/aromatic N) is 3. The normalized spacial score (nSPS) is 15.1. The van der Waals surface area contributed by atoms with Crippen molar-refractivity contribution >= 4 is 33.0 Å². The maximum Gasteiger partial charge on any atom is 0.245 e. The van der Waals surface area contributed by atoms with Crippen molar-refractivity contribution in [1.29, 1.82) is 0 Å². The van der Waals surface area contributed by atoms with Gasteiger partial charge in [-0.15, -0.1) is 11.3 Å². The van der Waals surface area contributed by atoms with Crippen LogP contribution < -0.4 is 5.32 Å². The second kappa shape index (κ2) is 9.03. The van der Waals surface area contributed by atoms with Crippen LogP contribution in [-0.2, 0) is 21.2 Å². The van der Waals surface area contributed by atoms with Gasteiger partial charge in [0.2, 0.25) is 15.9 Å². The zero-order valence-corrected chi connectivity index (χ0v) is 18.0. The first-order chi connectivity index (χ1) is 14.5. The molecule has 1 fully saturated rings. The van der Waals surface area contributed by atoms with Gasteiger partial charge in [-0.05, 0) is 37.1 Å². The monoisotopic (exact) mass is 442 g/mol. The summed E-state index contributed by atoms with van der Waals surface area (Å²) in [5.74, 6) is -0.306. The Morgan fingerprint density at radius 3 is 2.67 bits per heavy atom. The van der Waals surface area contributed by atoms with Crippen molar-refractivity contribution in [3.63, 3.8) is 0 Å². The Balaban J connectivity index is 1.49. The quantitative estimate of drug-likeness (QED) is 0.630. The Morgan fingerprint density at radius 2 is 1.90 bits per heavy atom. The largest absolute Gasteiger partial charge is 0.325 e. The summed E-state index contributed by atoms with van der Waals surface area (Å²) in [4.78, 5) is 21.3. The van der Waals surface area contributed by atoms with Crippen molar-refractivity contribution in [2.24, 2.45) is 0 Å². The molecule has 3 aromatic rings. The highest BCUT2D eigenvalue weighted by molar-refractivity contribution is 7.89. The standard InChI is InChI=1S/C21H22N4O3S2/c26-20(13-17-15-29-21(23-17)16-7-6-10-22-14-16)24-18-8-2-3-9-19(18)30(27,28)25-11-4-1-5-12-25/h2-3,6-10,14-15H,1,4-5,11-13H2,(H,24,26). The number of sulfonamides is 1. The molecule has 0 atom stereocenters. The molecule has 9 heteroatoms. The molecule has 0 spiro atoms. The highest BCUT2D eigenvalue weighted by Crippen LogP contribution is 2.27. The van der Waals surface area contributed by atoms with Crippen LogP contribution in [0.3, 0.4) is 0 Å². The molecule has 0 radical (unpaired) electrons. The lowest BCUT2D eigenvalue weighted by molar-refractivity contribution is -0.115. The van der Waals surface area contributed by atoms with Crippen molar-refractivity contribution < 1.29 is 13.2 Å². The molecule has 1 aliphatic heterocycles. The van der Waals surface area contributed by atoms with E-state index in [1.165, 1.54) is 15.6 Å². The van der Waals surface area contributed by atoms with Gasteiger partial charge in [0.15, 0.2) is 0 Å². The van der Waals surface area contributed by atoms with Gasteiger partial charge in [-0.3, -0.25) is 9.78 Å². The minimum Gasteiger partial charge on any atom is -0.325 e. The van der Waals surface area contributed by atoms with Crippen molar-refractivity contribution in [2.45, 2.75) is 30.6 Å². The first kappa shape index (κ1) is 20.6. The van der Waals surface area contributed by atoms with Gasteiger partial charge in [0.1, 0.15) is 9.90 Å². The average Bonchev–Trinajstić information content (AvgIpc) is 3.23. The van der Waals surface area contributed by atoms with E-state index in [1.807, 2.05) is 17.5 Å². The smallest absolute Gasteiger partial charge is 0.245 e. The average molecular weight is 443 g/mol. The summed E-state index contributed by atoms with van der Waals surface area (Å²) >= 11 is 1.44. The predicted molar refractivity (Wildman–Crippen MR) is 117 cm³/mol.